The summed E-state index contributed by atoms with van der Waals surface area (Å²) in [5.74, 6) is 0. The number of hydrogen-bond donors (Lipinski definition) is 1. The van der Waals surface area contributed by atoms with Gasteiger partial charge in [0.15, 0.2) is 0 Å². The predicted molar refractivity (Wildman–Crippen MR) is 71.8 cm³/mol. The van der Waals surface area contributed by atoms with Crippen LogP contribution in [0.2, 0.25) is 0 Å². The van der Waals surface area contributed by atoms with Gasteiger partial charge in [-0.1, -0.05) is 33.6 Å². The first kappa shape index (κ1) is 14.0. The monoisotopic (exact) mass is 226 g/mol. The van der Waals surface area contributed by atoms with Crippen molar-refractivity contribution < 1.29 is 0 Å². The van der Waals surface area contributed by atoms with Gasteiger partial charge in [0.25, 0.3) is 0 Å². The molecule has 2 heteroatoms. The van der Waals surface area contributed by atoms with E-state index in [4.69, 9.17) is 0 Å². The number of nitrogens with zero attached hydrogens (tertiary/aromatic N) is 1. The van der Waals surface area contributed by atoms with Crippen LogP contribution in [0.1, 0.15) is 52.9 Å². The van der Waals surface area contributed by atoms with Crippen LogP contribution in [0.4, 0.5) is 0 Å². The van der Waals surface area contributed by atoms with Crippen LogP contribution in [0, 0.1) is 5.41 Å². The topological polar surface area (TPSA) is 15.3 Å². The molecule has 96 valence electrons. The van der Waals surface area contributed by atoms with Crippen molar-refractivity contribution in [2.75, 3.05) is 20.6 Å². The van der Waals surface area contributed by atoms with Crippen molar-refractivity contribution in [3.05, 3.63) is 0 Å². The molecule has 0 amide bonds. The number of nitrogens with one attached hydrogen (secondary N) is 1. The van der Waals surface area contributed by atoms with Crippen LogP contribution in [0.3, 0.4) is 0 Å². The molecule has 16 heavy (non-hydrogen) atoms. The summed E-state index contributed by atoms with van der Waals surface area (Å²) < 4.78 is 0. The standard InChI is InChI=1S/C14H30N2/c1-6-12(16(4)5)11-15-13-9-7-8-10-14(13,2)3/h12-13,15H,6-11H2,1-5H3. The fourth-order valence-electron chi connectivity index (χ4n) is 2.84. The summed E-state index contributed by atoms with van der Waals surface area (Å²) in [4.78, 5) is 2.34. The molecule has 0 heterocycles. The van der Waals surface area contributed by atoms with E-state index in [0.717, 1.165) is 12.6 Å². The summed E-state index contributed by atoms with van der Waals surface area (Å²) in [6, 6.07) is 1.40. The number of hydrogen-bond acceptors (Lipinski definition) is 2. The lowest BCUT2D eigenvalue weighted by Gasteiger charge is -2.40. The zero-order chi connectivity index (χ0) is 12.2. The maximum atomic E-state index is 3.80. The van der Waals surface area contributed by atoms with E-state index in [0.29, 0.717) is 11.5 Å². The lowest BCUT2D eigenvalue weighted by molar-refractivity contribution is 0.154. The summed E-state index contributed by atoms with van der Waals surface area (Å²) in [6.07, 6.45) is 6.78. The normalized spacial score (nSPS) is 27.0. The Kier molecular flexibility index (Phi) is 5.26. The van der Waals surface area contributed by atoms with Gasteiger partial charge in [0, 0.05) is 18.6 Å². The summed E-state index contributed by atoms with van der Waals surface area (Å²) in [5.41, 5.74) is 0.489. The van der Waals surface area contributed by atoms with Crippen molar-refractivity contribution in [1.29, 1.82) is 0 Å². The highest BCUT2D eigenvalue weighted by Crippen LogP contribution is 2.35. The van der Waals surface area contributed by atoms with E-state index in [1.165, 1.54) is 32.1 Å². The van der Waals surface area contributed by atoms with Crippen LogP contribution in [-0.4, -0.2) is 37.6 Å². The Morgan fingerprint density at radius 2 is 2.00 bits per heavy atom. The second-order valence-corrected chi connectivity index (χ2v) is 6.22. The van der Waals surface area contributed by atoms with Gasteiger partial charge in [0.05, 0.1) is 0 Å². The summed E-state index contributed by atoms with van der Waals surface area (Å²) >= 11 is 0. The van der Waals surface area contributed by atoms with E-state index in [2.05, 4.69) is 45.1 Å². The highest BCUT2D eigenvalue weighted by Gasteiger charge is 2.31. The largest absolute Gasteiger partial charge is 0.312 e. The van der Waals surface area contributed by atoms with Crippen molar-refractivity contribution in [3.63, 3.8) is 0 Å². The highest BCUT2D eigenvalue weighted by atomic mass is 15.1. The van der Waals surface area contributed by atoms with Gasteiger partial charge in [-0.2, -0.15) is 0 Å². The van der Waals surface area contributed by atoms with Crippen LogP contribution in [0.5, 0.6) is 0 Å². The lowest BCUT2D eigenvalue weighted by atomic mass is 9.73. The average molecular weight is 226 g/mol. The fraction of sp³-hybridized carbons (Fsp3) is 1.00. The van der Waals surface area contributed by atoms with Gasteiger partial charge < -0.3 is 10.2 Å². The Balaban J connectivity index is 2.40. The molecule has 1 N–H and O–H groups in total. The molecule has 0 radical (unpaired) electrons. The molecule has 2 unspecified atom stereocenters. The van der Waals surface area contributed by atoms with E-state index in [9.17, 15) is 0 Å². The Morgan fingerprint density at radius 3 is 2.50 bits per heavy atom. The van der Waals surface area contributed by atoms with Gasteiger partial charge in [-0.15, -0.1) is 0 Å². The van der Waals surface area contributed by atoms with E-state index >= 15 is 0 Å². The Hall–Kier alpha value is -0.0800. The molecule has 1 aliphatic carbocycles. The van der Waals surface area contributed by atoms with E-state index in [1.807, 2.05) is 0 Å². The predicted octanol–water partition coefficient (Wildman–Crippen LogP) is 2.89. The molecule has 0 bridgehead atoms. The van der Waals surface area contributed by atoms with E-state index < -0.39 is 0 Å². The van der Waals surface area contributed by atoms with Crippen molar-refractivity contribution in [3.8, 4) is 0 Å². The SMILES string of the molecule is CCC(CNC1CCCCC1(C)C)N(C)C. The van der Waals surface area contributed by atoms with Gasteiger partial charge in [0.2, 0.25) is 0 Å². The summed E-state index contributed by atoms with van der Waals surface area (Å²) in [6.45, 7) is 8.25. The molecule has 1 rings (SSSR count). The summed E-state index contributed by atoms with van der Waals surface area (Å²) in [7, 11) is 4.36. The molecule has 0 aromatic heterocycles. The van der Waals surface area contributed by atoms with E-state index in [-0.39, 0.29) is 0 Å². The minimum atomic E-state index is 0.489. The fourth-order valence-corrected chi connectivity index (χ4v) is 2.84. The maximum Gasteiger partial charge on any atom is 0.0212 e. The molecule has 0 saturated heterocycles. The van der Waals surface area contributed by atoms with Gasteiger partial charge in [-0.25, -0.2) is 0 Å². The third-order valence-corrected chi connectivity index (χ3v) is 4.31. The van der Waals surface area contributed by atoms with Gasteiger partial charge in [-0.05, 0) is 38.8 Å². The van der Waals surface area contributed by atoms with Gasteiger partial charge >= 0.3 is 0 Å². The second kappa shape index (κ2) is 6.02. The van der Waals surface area contributed by atoms with Crippen molar-refractivity contribution in [1.82, 2.24) is 10.2 Å². The molecule has 1 saturated carbocycles. The van der Waals surface area contributed by atoms with Crippen LogP contribution in [0.15, 0.2) is 0 Å². The van der Waals surface area contributed by atoms with Crippen LogP contribution < -0.4 is 5.32 Å². The van der Waals surface area contributed by atoms with Gasteiger partial charge in [0.1, 0.15) is 0 Å². The van der Waals surface area contributed by atoms with Crippen molar-refractivity contribution in [2.24, 2.45) is 5.41 Å². The molecule has 1 fully saturated rings. The molecular weight excluding hydrogens is 196 g/mol. The second-order valence-electron chi connectivity index (χ2n) is 6.22. The smallest absolute Gasteiger partial charge is 0.0212 e. The van der Waals surface area contributed by atoms with Crippen LogP contribution >= 0.6 is 0 Å². The molecule has 0 aliphatic heterocycles. The third kappa shape index (κ3) is 3.74. The first-order valence-corrected chi connectivity index (χ1v) is 6.87. The minimum absolute atomic E-state index is 0.489. The molecule has 2 atom stereocenters. The molecule has 0 spiro atoms. The zero-order valence-electron chi connectivity index (χ0n) is 11.8. The molecule has 1 aliphatic rings. The number of rotatable bonds is 5. The first-order chi connectivity index (χ1) is 7.47. The molecular formula is C14H30N2. The van der Waals surface area contributed by atoms with E-state index in [1.54, 1.807) is 0 Å². The number of likely N-dealkylation sites (N-methyl/N-ethyl adjacent to an activating group) is 1. The Bertz CT molecular complexity index is 199. The summed E-state index contributed by atoms with van der Waals surface area (Å²) in [5, 5.41) is 3.80. The highest BCUT2D eigenvalue weighted by molar-refractivity contribution is 4.88. The minimum Gasteiger partial charge on any atom is -0.312 e. The van der Waals surface area contributed by atoms with Crippen molar-refractivity contribution >= 4 is 0 Å². The van der Waals surface area contributed by atoms with Crippen LogP contribution in [-0.2, 0) is 0 Å². The first-order valence-electron chi connectivity index (χ1n) is 6.87. The van der Waals surface area contributed by atoms with Gasteiger partial charge in [-0.3, -0.25) is 0 Å². The third-order valence-electron chi connectivity index (χ3n) is 4.31. The van der Waals surface area contributed by atoms with Crippen molar-refractivity contribution in [2.45, 2.75) is 65.0 Å². The Morgan fingerprint density at radius 1 is 1.31 bits per heavy atom. The molecule has 0 aromatic carbocycles. The average Bonchev–Trinajstić information content (AvgIpc) is 2.20. The Labute approximate surface area is 102 Å². The van der Waals surface area contributed by atoms with Crippen LogP contribution in [0.25, 0.3) is 0 Å². The molecule has 2 nitrogen and oxygen atoms in total. The maximum absolute atomic E-state index is 3.80. The zero-order valence-corrected chi connectivity index (χ0v) is 11.8. The quantitative estimate of drug-likeness (QED) is 0.775. The lowest BCUT2D eigenvalue weighted by Crippen LogP contribution is -2.48. The molecule has 0 aromatic rings.